The van der Waals surface area contributed by atoms with E-state index >= 15 is 0 Å². The molecule has 0 saturated carbocycles. The van der Waals surface area contributed by atoms with Crippen LogP contribution in [0.3, 0.4) is 0 Å². The molecular weight excluding hydrogens is 238 g/mol. The predicted octanol–water partition coefficient (Wildman–Crippen LogP) is 2.59. The molecule has 3 nitrogen and oxygen atoms in total. The average Bonchev–Trinajstić information content (AvgIpc) is 2.46. The summed E-state index contributed by atoms with van der Waals surface area (Å²) >= 11 is 0. The van der Waals surface area contributed by atoms with Crippen LogP contribution < -0.4 is 0 Å². The maximum atomic E-state index is 12.4. The lowest BCUT2D eigenvalue weighted by Crippen LogP contribution is -2.35. The number of phenols is 1. The van der Waals surface area contributed by atoms with E-state index in [2.05, 4.69) is 12.1 Å². The molecule has 0 spiro atoms. The van der Waals surface area contributed by atoms with Gasteiger partial charge in [0, 0.05) is 18.7 Å². The molecule has 0 fully saturated rings. The number of hydrogen-bond donors (Lipinski definition) is 1. The maximum absolute atomic E-state index is 12.4. The van der Waals surface area contributed by atoms with E-state index in [0.717, 1.165) is 13.0 Å². The fourth-order valence-corrected chi connectivity index (χ4v) is 2.49. The van der Waals surface area contributed by atoms with E-state index in [-0.39, 0.29) is 11.7 Å². The highest BCUT2D eigenvalue weighted by molar-refractivity contribution is 5.94. The van der Waals surface area contributed by atoms with Gasteiger partial charge in [0.05, 0.1) is 0 Å². The highest BCUT2D eigenvalue weighted by atomic mass is 16.3. The molecule has 0 aliphatic carbocycles. The Balaban J connectivity index is 1.83. The number of nitrogens with zero attached hydrogens (tertiary/aromatic N) is 1. The van der Waals surface area contributed by atoms with Crippen LogP contribution in [0.5, 0.6) is 5.75 Å². The summed E-state index contributed by atoms with van der Waals surface area (Å²) in [4.78, 5) is 14.2. The Kier molecular flexibility index (Phi) is 2.95. The van der Waals surface area contributed by atoms with E-state index in [1.54, 1.807) is 18.2 Å². The SMILES string of the molecule is O=C(c1cccc(O)c1)N1CCc2ccccc2C1. The lowest BCUT2D eigenvalue weighted by molar-refractivity contribution is 0.0734. The summed E-state index contributed by atoms with van der Waals surface area (Å²) in [7, 11) is 0. The number of hydrogen-bond acceptors (Lipinski definition) is 2. The van der Waals surface area contributed by atoms with Crippen LogP contribution in [-0.2, 0) is 13.0 Å². The first kappa shape index (κ1) is 11.8. The van der Waals surface area contributed by atoms with Crippen molar-refractivity contribution in [2.45, 2.75) is 13.0 Å². The third kappa shape index (κ3) is 2.32. The van der Waals surface area contributed by atoms with Gasteiger partial charge in [0.2, 0.25) is 0 Å². The summed E-state index contributed by atoms with van der Waals surface area (Å²) in [5, 5.41) is 9.45. The third-order valence-corrected chi connectivity index (χ3v) is 3.51. The van der Waals surface area contributed by atoms with Crippen molar-refractivity contribution in [2.24, 2.45) is 0 Å². The van der Waals surface area contributed by atoms with Gasteiger partial charge in [0.1, 0.15) is 5.75 Å². The molecule has 1 aliphatic heterocycles. The fraction of sp³-hybridized carbons (Fsp3) is 0.188. The number of phenolic OH excluding ortho intramolecular Hbond substituents is 1. The molecule has 0 bridgehead atoms. The minimum absolute atomic E-state index is 0.0228. The van der Waals surface area contributed by atoms with Crippen LogP contribution in [-0.4, -0.2) is 22.5 Å². The zero-order chi connectivity index (χ0) is 13.2. The predicted molar refractivity (Wildman–Crippen MR) is 73.0 cm³/mol. The van der Waals surface area contributed by atoms with Crippen LogP contribution in [0.1, 0.15) is 21.5 Å². The molecule has 1 N–H and O–H groups in total. The molecule has 96 valence electrons. The molecule has 3 rings (SSSR count). The van der Waals surface area contributed by atoms with Gasteiger partial charge >= 0.3 is 0 Å². The molecule has 1 aliphatic rings. The molecule has 2 aromatic carbocycles. The number of carbonyl (C=O) groups excluding carboxylic acids is 1. The molecule has 3 heteroatoms. The lowest BCUT2D eigenvalue weighted by atomic mass is 9.99. The van der Waals surface area contributed by atoms with Crippen LogP contribution >= 0.6 is 0 Å². The van der Waals surface area contributed by atoms with Crippen molar-refractivity contribution in [1.82, 2.24) is 4.90 Å². The van der Waals surface area contributed by atoms with Gasteiger partial charge in [0.15, 0.2) is 0 Å². The summed E-state index contributed by atoms with van der Waals surface area (Å²) in [6.45, 7) is 1.37. The summed E-state index contributed by atoms with van der Waals surface area (Å²) in [5.74, 6) is 0.105. The van der Waals surface area contributed by atoms with Crippen LogP contribution in [0.25, 0.3) is 0 Å². The Morgan fingerprint density at radius 1 is 1.05 bits per heavy atom. The van der Waals surface area contributed by atoms with E-state index < -0.39 is 0 Å². The number of carbonyl (C=O) groups is 1. The Morgan fingerprint density at radius 2 is 1.84 bits per heavy atom. The van der Waals surface area contributed by atoms with Crippen LogP contribution in [0.15, 0.2) is 48.5 Å². The Bertz CT molecular complexity index is 622. The monoisotopic (exact) mass is 253 g/mol. The summed E-state index contributed by atoms with van der Waals surface area (Å²) < 4.78 is 0. The van der Waals surface area contributed by atoms with Gasteiger partial charge in [0.25, 0.3) is 5.91 Å². The van der Waals surface area contributed by atoms with E-state index in [1.807, 2.05) is 17.0 Å². The molecule has 1 amide bonds. The quantitative estimate of drug-likeness (QED) is 0.848. The van der Waals surface area contributed by atoms with Gasteiger partial charge in [-0.1, -0.05) is 30.3 Å². The van der Waals surface area contributed by atoms with Crippen molar-refractivity contribution in [3.8, 4) is 5.75 Å². The first-order chi connectivity index (χ1) is 9.24. The van der Waals surface area contributed by atoms with Gasteiger partial charge in [-0.3, -0.25) is 4.79 Å². The first-order valence-corrected chi connectivity index (χ1v) is 6.39. The summed E-state index contributed by atoms with van der Waals surface area (Å²) in [5.41, 5.74) is 3.07. The molecule has 0 atom stereocenters. The van der Waals surface area contributed by atoms with Crippen LogP contribution in [0.2, 0.25) is 0 Å². The number of fused-ring (bicyclic) bond motifs is 1. The fourth-order valence-electron chi connectivity index (χ4n) is 2.49. The van der Waals surface area contributed by atoms with Crippen molar-refractivity contribution in [3.05, 3.63) is 65.2 Å². The van der Waals surface area contributed by atoms with Gasteiger partial charge in [-0.2, -0.15) is 0 Å². The topological polar surface area (TPSA) is 40.5 Å². The van der Waals surface area contributed by atoms with Gasteiger partial charge < -0.3 is 10.0 Å². The minimum Gasteiger partial charge on any atom is -0.508 e. The van der Waals surface area contributed by atoms with E-state index in [0.29, 0.717) is 12.1 Å². The van der Waals surface area contributed by atoms with Gasteiger partial charge in [-0.25, -0.2) is 0 Å². The maximum Gasteiger partial charge on any atom is 0.254 e. The van der Waals surface area contributed by atoms with E-state index in [1.165, 1.54) is 17.2 Å². The normalized spacial score (nSPS) is 14.0. The van der Waals surface area contributed by atoms with Crippen LogP contribution in [0, 0.1) is 0 Å². The highest BCUT2D eigenvalue weighted by Gasteiger charge is 2.21. The first-order valence-electron chi connectivity index (χ1n) is 6.39. The highest BCUT2D eigenvalue weighted by Crippen LogP contribution is 2.21. The van der Waals surface area contributed by atoms with Crippen LogP contribution in [0.4, 0.5) is 0 Å². The standard InChI is InChI=1S/C16H15NO2/c18-15-7-3-6-13(10-15)16(19)17-9-8-12-4-1-2-5-14(12)11-17/h1-7,10,18H,8-9,11H2. The average molecular weight is 253 g/mol. The summed E-state index contributed by atoms with van der Waals surface area (Å²) in [6, 6.07) is 14.7. The van der Waals surface area contributed by atoms with Crippen molar-refractivity contribution >= 4 is 5.91 Å². The molecule has 1 heterocycles. The lowest BCUT2D eigenvalue weighted by Gasteiger charge is -2.29. The number of amides is 1. The number of rotatable bonds is 1. The molecular formula is C16H15NO2. The Hall–Kier alpha value is -2.29. The smallest absolute Gasteiger partial charge is 0.254 e. The van der Waals surface area contributed by atoms with Crippen molar-refractivity contribution < 1.29 is 9.90 Å². The van der Waals surface area contributed by atoms with E-state index in [4.69, 9.17) is 0 Å². The second-order valence-electron chi connectivity index (χ2n) is 4.80. The Morgan fingerprint density at radius 3 is 2.63 bits per heavy atom. The molecule has 2 aromatic rings. The third-order valence-electron chi connectivity index (χ3n) is 3.51. The van der Waals surface area contributed by atoms with E-state index in [9.17, 15) is 9.90 Å². The van der Waals surface area contributed by atoms with Gasteiger partial charge in [-0.15, -0.1) is 0 Å². The summed E-state index contributed by atoms with van der Waals surface area (Å²) in [6.07, 6.45) is 0.890. The zero-order valence-corrected chi connectivity index (χ0v) is 10.5. The Labute approximate surface area is 112 Å². The molecule has 19 heavy (non-hydrogen) atoms. The van der Waals surface area contributed by atoms with Crippen molar-refractivity contribution in [2.75, 3.05) is 6.54 Å². The van der Waals surface area contributed by atoms with Crippen molar-refractivity contribution in [1.29, 1.82) is 0 Å². The molecule has 0 radical (unpaired) electrons. The largest absolute Gasteiger partial charge is 0.508 e. The van der Waals surface area contributed by atoms with Gasteiger partial charge in [-0.05, 0) is 35.7 Å². The number of aromatic hydroxyl groups is 1. The molecule has 0 aromatic heterocycles. The zero-order valence-electron chi connectivity index (χ0n) is 10.5. The van der Waals surface area contributed by atoms with Crippen molar-refractivity contribution in [3.63, 3.8) is 0 Å². The number of benzene rings is 2. The molecule has 0 saturated heterocycles. The second-order valence-corrected chi connectivity index (χ2v) is 4.80. The second kappa shape index (κ2) is 4.76. The molecule has 0 unspecified atom stereocenters. The minimum atomic E-state index is -0.0228.